The van der Waals surface area contributed by atoms with Crippen molar-refractivity contribution in [2.24, 2.45) is 0 Å². The predicted octanol–water partition coefficient (Wildman–Crippen LogP) is 1.22. The first-order valence-electron chi connectivity index (χ1n) is 5.17. The van der Waals surface area contributed by atoms with Gasteiger partial charge < -0.3 is 19.9 Å². The first-order valence-corrected chi connectivity index (χ1v) is 5.94. The molecule has 0 spiro atoms. The molecule has 0 fully saturated rings. The molecule has 0 aromatic carbocycles. The number of hydrogen-bond donors (Lipinski definition) is 2. The van der Waals surface area contributed by atoms with Gasteiger partial charge in [-0.25, -0.2) is 4.79 Å². The molecule has 96 valence electrons. The van der Waals surface area contributed by atoms with Crippen LogP contribution in [0.3, 0.4) is 0 Å². The van der Waals surface area contributed by atoms with Crippen LogP contribution < -0.4 is 5.32 Å². The Morgan fingerprint density at radius 1 is 1.47 bits per heavy atom. The Balaban J connectivity index is 2.34. The molecule has 0 aliphatic carbocycles. The number of carboxylic acids is 1. The normalized spacial score (nSPS) is 10.5. The molecule has 0 amide bonds. The van der Waals surface area contributed by atoms with E-state index in [0.29, 0.717) is 37.1 Å². The number of aryl methyl sites for hydroxylation is 1. The van der Waals surface area contributed by atoms with Crippen LogP contribution in [0.5, 0.6) is 0 Å². The largest absolute Gasteiger partial charge is 0.478 e. The van der Waals surface area contributed by atoms with Crippen LogP contribution in [0.15, 0.2) is 0 Å². The molecule has 7 heteroatoms. The molecule has 1 heterocycles. The summed E-state index contributed by atoms with van der Waals surface area (Å²) in [6, 6.07) is 0. The van der Waals surface area contributed by atoms with Crippen molar-refractivity contribution in [1.29, 1.82) is 0 Å². The molecule has 17 heavy (non-hydrogen) atoms. The third-order valence-electron chi connectivity index (χ3n) is 2.04. The second-order valence-corrected chi connectivity index (χ2v) is 4.08. The number of aromatic nitrogens is 1. The lowest BCUT2D eigenvalue weighted by Gasteiger charge is -2.05. The average molecular weight is 260 g/mol. The van der Waals surface area contributed by atoms with Crippen LogP contribution in [0.25, 0.3) is 0 Å². The number of methoxy groups -OCH3 is 1. The van der Waals surface area contributed by atoms with Crippen molar-refractivity contribution < 1.29 is 19.4 Å². The molecule has 2 N–H and O–H groups in total. The molecule has 0 radical (unpaired) electrons. The van der Waals surface area contributed by atoms with E-state index in [1.54, 1.807) is 14.0 Å². The number of nitrogens with zero attached hydrogens (tertiary/aromatic N) is 1. The first kappa shape index (κ1) is 13.9. The van der Waals surface area contributed by atoms with Gasteiger partial charge >= 0.3 is 5.97 Å². The van der Waals surface area contributed by atoms with E-state index in [1.807, 2.05) is 0 Å². The fourth-order valence-electron chi connectivity index (χ4n) is 1.22. The van der Waals surface area contributed by atoms with E-state index in [4.69, 9.17) is 14.6 Å². The molecule has 1 rings (SSSR count). The van der Waals surface area contributed by atoms with E-state index in [9.17, 15) is 4.79 Å². The smallest absolute Gasteiger partial charge is 0.340 e. The highest BCUT2D eigenvalue weighted by Crippen LogP contribution is 2.23. The van der Waals surface area contributed by atoms with Gasteiger partial charge in [-0.1, -0.05) is 0 Å². The van der Waals surface area contributed by atoms with Crippen molar-refractivity contribution in [3.05, 3.63) is 11.3 Å². The van der Waals surface area contributed by atoms with Crippen molar-refractivity contribution in [2.45, 2.75) is 6.92 Å². The lowest BCUT2D eigenvalue weighted by molar-refractivity contribution is 0.0696. The third kappa shape index (κ3) is 4.29. The Morgan fingerprint density at radius 3 is 2.88 bits per heavy atom. The summed E-state index contributed by atoms with van der Waals surface area (Å²) in [6.45, 7) is 3.82. The molecular formula is C10H16N2O4S. The zero-order valence-corrected chi connectivity index (χ0v) is 10.7. The maximum absolute atomic E-state index is 11.0. The molecule has 0 saturated heterocycles. The highest BCUT2D eigenvalue weighted by molar-refractivity contribution is 7.10. The molecule has 0 saturated carbocycles. The molecule has 0 aliphatic heterocycles. The van der Waals surface area contributed by atoms with Gasteiger partial charge in [0.15, 0.2) is 0 Å². The Labute approximate surface area is 104 Å². The number of carbonyl (C=O) groups is 1. The topological polar surface area (TPSA) is 80.7 Å². The number of anilines is 1. The standard InChI is InChI=1S/C10H16N2O4S/c1-7-8(10(13)14)9(17-12-7)11-3-4-16-6-5-15-2/h11H,3-6H2,1-2H3,(H,13,14). The highest BCUT2D eigenvalue weighted by Gasteiger charge is 2.16. The number of ether oxygens (including phenoxy) is 2. The van der Waals surface area contributed by atoms with Crippen molar-refractivity contribution >= 4 is 22.5 Å². The number of carboxylic acid groups (broad SMARTS) is 1. The summed E-state index contributed by atoms with van der Waals surface area (Å²) in [5.74, 6) is -0.959. The Bertz CT molecular complexity index is 367. The van der Waals surface area contributed by atoms with Gasteiger partial charge in [0.05, 0.1) is 25.5 Å². The minimum absolute atomic E-state index is 0.242. The maximum Gasteiger partial charge on any atom is 0.340 e. The summed E-state index contributed by atoms with van der Waals surface area (Å²) in [7, 11) is 1.61. The van der Waals surface area contributed by atoms with Gasteiger partial charge in [-0.05, 0) is 18.5 Å². The lowest BCUT2D eigenvalue weighted by atomic mass is 10.2. The minimum atomic E-state index is -0.959. The van der Waals surface area contributed by atoms with E-state index in [1.165, 1.54) is 0 Å². The van der Waals surface area contributed by atoms with E-state index < -0.39 is 5.97 Å². The zero-order valence-electron chi connectivity index (χ0n) is 9.86. The second kappa shape index (κ2) is 7.21. The minimum Gasteiger partial charge on any atom is -0.478 e. The Hall–Kier alpha value is -1.18. The molecule has 6 nitrogen and oxygen atoms in total. The number of aromatic carboxylic acids is 1. The van der Waals surface area contributed by atoms with Crippen LogP contribution in [0.4, 0.5) is 5.00 Å². The third-order valence-corrected chi connectivity index (χ3v) is 2.94. The van der Waals surface area contributed by atoms with Gasteiger partial charge in [0, 0.05) is 13.7 Å². The summed E-state index contributed by atoms with van der Waals surface area (Å²) in [6.07, 6.45) is 0. The second-order valence-electron chi connectivity index (χ2n) is 3.31. The SMILES string of the molecule is COCCOCCNc1snc(C)c1C(=O)O. The van der Waals surface area contributed by atoms with Crippen molar-refractivity contribution in [3.8, 4) is 0 Å². The van der Waals surface area contributed by atoms with Gasteiger partial charge in [-0.15, -0.1) is 0 Å². The molecule has 1 aromatic rings. The highest BCUT2D eigenvalue weighted by atomic mass is 32.1. The van der Waals surface area contributed by atoms with E-state index in [2.05, 4.69) is 9.69 Å². The Kier molecular flexibility index (Phi) is 5.88. The van der Waals surface area contributed by atoms with Crippen LogP contribution in [-0.2, 0) is 9.47 Å². The summed E-state index contributed by atoms with van der Waals surface area (Å²) in [5.41, 5.74) is 0.775. The molecule has 1 aromatic heterocycles. The fraction of sp³-hybridized carbons (Fsp3) is 0.600. The summed E-state index contributed by atoms with van der Waals surface area (Å²) >= 11 is 1.15. The predicted molar refractivity (Wildman–Crippen MR) is 65.0 cm³/mol. The van der Waals surface area contributed by atoms with E-state index in [-0.39, 0.29) is 5.56 Å². The fourth-order valence-corrected chi connectivity index (χ4v) is 2.04. The lowest BCUT2D eigenvalue weighted by Crippen LogP contribution is -2.13. The molecule has 0 bridgehead atoms. The number of rotatable bonds is 8. The summed E-state index contributed by atoms with van der Waals surface area (Å²) < 4.78 is 14.1. The number of nitrogens with one attached hydrogen (secondary N) is 1. The van der Waals surface area contributed by atoms with Gasteiger partial charge in [0.25, 0.3) is 0 Å². The quantitative estimate of drug-likeness (QED) is 0.684. The van der Waals surface area contributed by atoms with Crippen LogP contribution >= 0.6 is 11.5 Å². The van der Waals surface area contributed by atoms with Crippen molar-refractivity contribution in [3.63, 3.8) is 0 Å². The van der Waals surface area contributed by atoms with Crippen LogP contribution in [0, 0.1) is 6.92 Å². The van der Waals surface area contributed by atoms with Crippen LogP contribution in [0.2, 0.25) is 0 Å². The average Bonchev–Trinajstić information content (AvgIpc) is 2.65. The zero-order chi connectivity index (χ0) is 12.7. The van der Waals surface area contributed by atoms with E-state index in [0.717, 1.165) is 11.5 Å². The Morgan fingerprint density at radius 2 is 2.24 bits per heavy atom. The van der Waals surface area contributed by atoms with Gasteiger partial charge in [0.1, 0.15) is 10.6 Å². The maximum atomic E-state index is 11.0. The summed E-state index contributed by atoms with van der Waals surface area (Å²) in [4.78, 5) is 11.0. The van der Waals surface area contributed by atoms with E-state index >= 15 is 0 Å². The van der Waals surface area contributed by atoms with Gasteiger partial charge in [-0.3, -0.25) is 0 Å². The van der Waals surface area contributed by atoms with Crippen LogP contribution in [-0.4, -0.2) is 48.9 Å². The van der Waals surface area contributed by atoms with Crippen molar-refractivity contribution in [2.75, 3.05) is 38.8 Å². The van der Waals surface area contributed by atoms with Crippen molar-refractivity contribution in [1.82, 2.24) is 4.37 Å². The molecule has 0 atom stereocenters. The number of hydrogen-bond acceptors (Lipinski definition) is 6. The van der Waals surface area contributed by atoms with Crippen LogP contribution in [0.1, 0.15) is 16.1 Å². The van der Waals surface area contributed by atoms with Gasteiger partial charge in [-0.2, -0.15) is 4.37 Å². The molecule has 0 unspecified atom stereocenters. The van der Waals surface area contributed by atoms with Gasteiger partial charge in [0.2, 0.25) is 0 Å². The first-order chi connectivity index (χ1) is 8.16. The molecule has 0 aliphatic rings. The monoisotopic (exact) mass is 260 g/mol. The summed E-state index contributed by atoms with van der Waals surface area (Å²) in [5, 5.41) is 12.6. The molecular weight excluding hydrogens is 244 g/mol.